The fraction of sp³-hybridized carbons (Fsp3) is 0.200. The average molecular weight is 317 g/mol. The quantitative estimate of drug-likeness (QED) is 0.759. The molecule has 0 aliphatic rings. The molecule has 2 unspecified atom stereocenters. The van der Waals surface area contributed by atoms with Gasteiger partial charge in [-0.25, -0.2) is 0 Å². The fourth-order valence-corrected chi connectivity index (χ4v) is 3.81. The molecule has 108 valence electrons. The molecule has 0 aliphatic heterocycles. The molecule has 2 aromatic heterocycles. The molecule has 0 spiro atoms. The summed E-state index contributed by atoms with van der Waals surface area (Å²) in [6.07, 6.45) is 2.33. The molecule has 0 aliphatic carbocycles. The Labute approximate surface area is 130 Å². The van der Waals surface area contributed by atoms with Crippen LogP contribution in [0.4, 0.5) is 0 Å². The van der Waals surface area contributed by atoms with Crippen molar-refractivity contribution in [2.24, 2.45) is 11.5 Å². The molecule has 21 heavy (non-hydrogen) atoms. The molecule has 4 nitrogen and oxygen atoms in total. The van der Waals surface area contributed by atoms with E-state index in [1.807, 2.05) is 41.2 Å². The van der Waals surface area contributed by atoms with E-state index >= 15 is 0 Å². The molecular formula is C15H15N3OS2. The van der Waals surface area contributed by atoms with Gasteiger partial charge in [0, 0.05) is 17.6 Å². The Kier molecular flexibility index (Phi) is 4.01. The molecular weight excluding hydrogens is 302 g/mol. The molecule has 0 fully saturated rings. The van der Waals surface area contributed by atoms with Crippen molar-refractivity contribution in [2.45, 2.75) is 18.4 Å². The van der Waals surface area contributed by atoms with Gasteiger partial charge in [-0.2, -0.15) is 15.7 Å². The van der Waals surface area contributed by atoms with Crippen LogP contribution in [-0.2, 0) is 4.79 Å². The Morgan fingerprint density at radius 3 is 2.86 bits per heavy atom. The number of aromatic nitrogens is 1. The van der Waals surface area contributed by atoms with Crippen LogP contribution in [0.25, 0.3) is 10.1 Å². The van der Waals surface area contributed by atoms with Crippen molar-refractivity contribution in [2.75, 3.05) is 0 Å². The smallest absolute Gasteiger partial charge is 0.225 e. The first-order chi connectivity index (χ1) is 10.1. The Hall–Kier alpha value is -1.76. The summed E-state index contributed by atoms with van der Waals surface area (Å²) in [5.41, 5.74) is 13.7. The normalized spacial score (nSPS) is 14.1. The molecule has 0 bridgehead atoms. The molecule has 3 aromatic rings. The lowest BCUT2D eigenvalue weighted by atomic mass is 9.89. The third-order valence-electron chi connectivity index (χ3n) is 3.59. The summed E-state index contributed by atoms with van der Waals surface area (Å²) in [6, 6.07) is 7.70. The second-order valence-electron chi connectivity index (χ2n) is 4.98. The number of hydrogen-bond acceptors (Lipinski definition) is 5. The van der Waals surface area contributed by atoms with E-state index in [1.54, 1.807) is 11.3 Å². The minimum Gasteiger partial charge on any atom is -0.369 e. The molecule has 1 aromatic carbocycles. The Balaban J connectivity index is 1.88. The lowest BCUT2D eigenvalue weighted by Crippen LogP contribution is -2.25. The van der Waals surface area contributed by atoms with E-state index in [1.165, 1.54) is 11.5 Å². The third kappa shape index (κ3) is 2.97. The molecule has 2 heterocycles. The number of thiophene rings is 1. The molecule has 2 atom stereocenters. The van der Waals surface area contributed by atoms with E-state index in [9.17, 15) is 4.79 Å². The van der Waals surface area contributed by atoms with Crippen LogP contribution < -0.4 is 11.5 Å². The van der Waals surface area contributed by atoms with Crippen LogP contribution in [0.5, 0.6) is 0 Å². The van der Waals surface area contributed by atoms with Crippen LogP contribution in [0, 0.1) is 0 Å². The highest BCUT2D eigenvalue weighted by Crippen LogP contribution is 2.30. The number of carbonyl (C=O) groups is 1. The highest BCUT2D eigenvalue weighted by Gasteiger charge is 2.22. The zero-order valence-electron chi connectivity index (χ0n) is 11.2. The lowest BCUT2D eigenvalue weighted by Gasteiger charge is -2.18. The zero-order chi connectivity index (χ0) is 14.8. The van der Waals surface area contributed by atoms with Gasteiger partial charge >= 0.3 is 0 Å². The Morgan fingerprint density at radius 2 is 2.14 bits per heavy atom. The minimum atomic E-state index is -0.383. The van der Waals surface area contributed by atoms with E-state index < -0.39 is 0 Å². The Morgan fingerprint density at radius 1 is 1.29 bits per heavy atom. The van der Waals surface area contributed by atoms with Crippen LogP contribution >= 0.6 is 22.9 Å². The van der Waals surface area contributed by atoms with E-state index in [4.69, 9.17) is 11.5 Å². The molecule has 0 radical (unpaired) electrons. The summed E-state index contributed by atoms with van der Waals surface area (Å²) in [5, 5.41) is 5.07. The first kappa shape index (κ1) is 14.2. The largest absolute Gasteiger partial charge is 0.369 e. The first-order valence-electron chi connectivity index (χ1n) is 6.56. The summed E-state index contributed by atoms with van der Waals surface area (Å²) < 4.78 is 5.21. The number of amides is 1. The molecule has 0 saturated carbocycles. The maximum Gasteiger partial charge on any atom is 0.225 e. The number of nitrogens with zero attached hydrogens (tertiary/aromatic N) is 1. The van der Waals surface area contributed by atoms with E-state index in [2.05, 4.69) is 4.37 Å². The average Bonchev–Trinajstić information content (AvgIpc) is 3.13. The summed E-state index contributed by atoms with van der Waals surface area (Å²) in [5.74, 6) is -0.726. The maximum atomic E-state index is 11.8. The molecule has 0 saturated heterocycles. The van der Waals surface area contributed by atoms with Gasteiger partial charge in [-0.1, -0.05) is 12.1 Å². The first-order valence-corrected chi connectivity index (χ1v) is 8.28. The highest BCUT2D eigenvalue weighted by molar-refractivity contribution is 7.13. The summed E-state index contributed by atoms with van der Waals surface area (Å²) in [4.78, 5) is 11.8. The monoisotopic (exact) mass is 317 g/mol. The zero-order valence-corrected chi connectivity index (χ0v) is 12.9. The number of hydrogen-bond donors (Lipinski definition) is 2. The molecule has 6 heteroatoms. The molecule has 3 rings (SSSR count). The number of carbonyl (C=O) groups excluding carboxylic acids is 1. The van der Waals surface area contributed by atoms with Gasteiger partial charge < -0.3 is 11.5 Å². The topological polar surface area (TPSA) is 82.0 Å². The predicted octanol–water partition coefficient (Wildman–Crippen LogP) is 3.02. The van der Waals surface area contributed by atoms with Gasteiger partial charge in [0.05, 0.1) is 10.6 Å². The van der Waals surface area contributed by atoms with Crippen LogP contribution in [0.3, 0.4) is 0 Å². The molecule has 1 amide bonds. The highest BCUT2D eigenvalue weighted by atomic mass is 32.1. The van der Waals surface area contributed by atoms with Crippen molar-refractivity contribution >= 4 is 38.9 Å². The van der Waals surface area contributed by atoms with Gasteiger partial charge in [-0.15, -0.1) is 0 Å². The molecule has 4 N–H and O–H groups in total. The van der Waals surface area contributed by atoms with Gasteiger partial charge in [-0.05, 0) is 52.0 Å². The van der Waals surface area contributed by atoms with Gasteiger partial charge in [0.25, 0.3) is 0 Å². The van der Waals surface area contributed by atoms with Crippen molar-refractivity contribution in [1.82, 2.24) is 4.37 Å². The predicted molar refractivity (Wildman–Crippen MR) is 87.4 cm³/mol. The Bertz CT molecular complexity index is 751. The van der Waals surface area contributed by atoms with Crippen molar-refractivity contribution in [3.05, 3.63) is 52.3 Å². The van der Waals surface area contributed by atoms with E-state index in [-0.39, 0.29) is 17.9 Å². The van der Waals surface area contributed by atoms with E-state index in [0.29, 0.717) is 6.42 Å². The number of primary amides is 1. The van der Waals surface area contributed by atoms with Crippen LogP contribution in [0.15, 0.2) is 41.2 Å². The standard InChI is InChI=1S/C15H15N3OS2/c16-13(11-3-4-20-8-11)6-12(15(17)19)9-1-2-10-7-18-21-14(10)5-9/h1-5,7-8,12-13H,6,16H2,(H2,17,19). The van der Waals surface area contributed by atoms with Crippen LogP contribution in [0.1, 0.15) is 29.5 Å². The van der Waals surface area contributed by atoms with Crippen molar-refractivity contribution < 1.29 is 4.79 Å². The fourth-order valence-electron chi connectivity index (χ4n) is 2.39. The second-order valence-corrected chi connectivity index (χ2v) is 6.59. The number of rotatable bonds is 5. The van der Waals surface area contributed by atoms with Crippen molar-refractivity contribution in [1.29, 1.82) is 0 Å². The summed E-state index contributed by atoms with van der Waals surface area (Å²) >= 11 is 3.02. The third-order valence-corrected chi connectivity index (χ3v) is 5.05. The van der Waals surface area contributed by atoms with Gasteiger partial charge in [0.2, 0.25) is 5.91 Å². The minimum absolute atomic E-state index is 0.189. The van der Waals surface area contributed by atoms with Crippen LogP contribution in [-0.4, -0.2) is 10.3 Å². The SMILES string of the molecule is NC(=O)C(CC(N)c1ccsc1)c1ccc2cnsc2c1. The summed E-state index contributed by atoms with van der Waals surface area (Å²) in [6.45, 7) is 0. The number of nitrogens with two attached hydrogens (primary N) is 2. The van der Waals surface area contributed by atoms with E-state index in [0.717, 1.165) is 21.2 Å². The van der Waals surface area contributed by atoms with Crippen LogP contribution in [0.2, 0.25) is 0 Å². The van der Waals surface area contributed by atoms with Gasteiger partial charge in [-0.3, -0.25) is 4.79 Å². The lowest BCUT2D eigenvalue weighted by molar-refractivity contribution is -0.119. The number of fused-ring (bicyclic) bond motifs is 1. The van der Waals surface area contributed by atoms with Crippen molar-refractivity contribution in [3.63, 3.8) is 0 Å². The number of benzene rings is 1. The second kappa shape index (κ2) is 5.93. The van der Waals surface area contributed by atoms with Gasteiger partial charge in [0.15, 0.2) is 0 Å². The maximum absolute atomic E-state index is 11.8. The van der Waals surface area contributed by atoms with Crippen molar-refractivity contribution in [3.8, 4) is 0 Å². The van der Waals surface area contributed by atoms with Gasteiger partial charge in [0.1, 0.15) is 0 Å². The summed E-state index contributed by atoms with van der Waals surface area (Å²) in [7, 11) is 0.